The van der Waals surface area contributed by atoms with E-state index in [1.54, 1.807) is 12.1 Å². The quantitative estimate of drug-likeness (QED) is 0.634. The Morgan fingerprint density at radius 2 is 2.15 bits per heavy atom. The lowest BCUT2D eigenvalue weighted by Gasteiger charge is -2.19. The fraction of sp³-hybridized carbons (Fsp3) is 0.286. The normalized spacial score (nSPS) is 16.9. The van der Waals surface area contributed by atoms with E-state index in [4.69, 9.17) is 0 Å². The van der Waals surface area contributed by atoms with Crippen LogP contribution in [0.1, 0.15) is 22.5 Å². The number of hydrogen-bond acceptors (Lipinski definition) is 2. The fourth-order valence-electron chi connectivity index (χ4n) is 3.70. The third kappa shape index (κ3) is 3.58. The van der Waals surface area contributed by atoms with Crippen molar-refractivity contribution in [2.24, 2.45) is 5.92 Å². The van der Waals surface area contributed by atoms with Gasteiger partial charge in [-0.1, -0.05) is 28.1 Å². The second-order valence-electron chi connectivity index (χ2n) is 7.08. The number of carbonyl (C=O) groups excluding carboxylic acids is 1. The summed E-state index contributed by atoms with van der Waals surface area (Å²) in [5.74, 6) is 0.0154. The molecule has 2 heterocycles. The number of hydrogen-bond donors (Lipinski definition) is 2. The Balaban J connectivity index is 1.39. The summed E-state index contributed by atoms with van der Waals surface area (Å²) in [6, 6.07) is 12.7. The van der Waals surface area contributed by atoms with Crippen molar-refractivity contribution in [2.75, 3.05) is 24.5 Å². The summed E-state index contributed by atoms with van der Waals surface area (Å²) in [5, 5.41) is 4.06. The number of nitrogens with zero attached hydrogens (tertiary/aromatic N) is 1. The minimum atomic E-state index is -0.193. The van der Waals surface area contributed by atoms with Gasteiger partial charge in [0.15, 0.2) is 0 Å². The summed E-state index contributed by atoms with van der Waals surface area (Å²) in [4.78, 5) is 17.8. The van der Waals surface area contributed by atoms with Crippen LogP contribution in [0.5, 0.6) is 0 Å². The van der Waals surface area contributed by atoms with Crippen LogP contribution in [0.2, 0.25) is 0 Å². The summed E-state index contributed by atoms with van der Waals surface area (Å²) in [7, 11) is 0. The number of H-pyrrole nitrogens is 1. The van der Waals surface area contributed by atoms with Crippen LogP contribution < -0.4 is 10.2 Å². The molecule has 1 amide bonds. The molecule has 4 rings (SSSR count). The number of carbonyl (C=O) groups is 1. The SMILES string of the molecule is Cc1c(Br)ccc2[nH]c(C(=O)NCC3CCN(c4ccccc4F)C3)cc12. The Labute approximate surface area is 165 Å². The number of halogens is 2. The van der Waals surface area contributed by atoms with Crippen LogP contribution in [0.4, 0.5) is 10.1 Å². The minimum Gasteiger partial charge on any atom is -0.369 e. The second kappa shape index (κ2) is 7.35. The molecule has 1 aliphatic heterocycles. The molecule has 0 aliphatic carbocycles. The number of rotatable bonds is 4. The van der Waals surface area contributed by atoms with Gasteiger partial charge >= 0.3 is 0 Å². The number of aromatic nitrogens is 1. The number of amides is 1. The monoisotopic (exact) mass is 429 g/mol. The maximum Gasteiger partial charge on any atom is 0.267 e. The minimum absolute atomic E-state index is 0.105. The molecular weight excluding hydrogens is 409 g/mol. The van der Waals surface area contributed by atoms with Crippen molar-refractivity contribution in [3.05, 3.63) is 64.0 Å². The fourth-order valence-corrected chi connectivity index (χ4v) is 4.05. The van der Waals surface area contributed by atoms with Crippen molar-refractivity contribution in [3.8, 4) is 0 Å². The van der Waals surface area contributed by atoms with Crippen LogP contribution in [-0.2, 0) is 0 Å². The van der Waals surface area contributed by atoms with Gasteiger partial charge in [0.2, 0.25) is 0 Å². The maximum atomic E-state index is 13.9. The van der Waals surface area contributed by atoms with Gasteiger partial charge in [0.1, 0.15) is 11.5 Å². The number of benzene rings is 2. The van der Waals surface area contributed by atoms with E-state index in [9.17, 15) is 9.18 Å². The molecular formula is C21H21BrFN3O. The molecule has 1 unspecified atom stereocenters. The molecule has 27 heavy (non-hydrogen) atoms. The Bertz CT molecular complexity index is 1000. The molecule has 2 N–H and O–H groups in total. The molecule has 1 saturated heterocycles. The Morgan fingerprint density at radius 1 is 1.33 bits per heavy atom. The van der Waals surface area contributed by atoms with E-state index < -0.39 is 0 Å². The van der Waals surface area contributed by atoms with Crippen LogP contribution in [0.25, 0.3) is 10.9 Å². The van der Waals surface area contributed by atoms with Crippen molar-refractivity contribution in [1.82, 2.24) is 10.3 Å². The highest BCUT2D eigenvalue weighted by Gasteiger charge is 2.25. The highest BCUT2D eigenvalue weighted by Crippen LogP contribution is 2.27. The lowest BCUT2D eigenvalue weighted by Crippen LogP contribution is -2.31. The molecule has 1 aliphatic rings. The third-order valence-corrected chi connectivity index (χ3v) is 6.14. The highest BCUT2D eigenvalue weighted by atomic mass is 79.9. The van der Waals surface area contributed by atoms with Crippen LogP contribution in [-0.4, -0.2) is 30.5 Å². The summed E-state index contributed by atoms with van der Waals surface area (Å²) >= 11 is 3.52. The van der Waals surface area contributed by atoms with E-state index in [1.165, 1.54) is 6.07 Å². The average molecular weight is 430 g/mol. The van der Waals surface area contributed by atoms with E-state index >= 15 is 0 Å². The van der Waals surface area contributed by atoms with E-state index in [2.05, 4.69) is 31.1 Å². The molecule has 140 valence electrons. The standard InChI is InChI=1S/C21H21BrFN3O/c1-13-15-10-19(25-18(15)7-6-16(13)22)21(27)24-11-14-8-9-26(12-14)20-5-3-2-4-17(20)23/h2-7,10,14,25H,8-9,11-12H2,1H3,(H,24,27). The zero-order valence-electron chi connectivity index (χ0n) is 15.1. The first-order valence-corrected chi connectivity index (χ1v) is 9.87. The van der Waals surface area contributed by atoms with Gasteiger partial charge in [0.05, 0.1) is 5.69 Å². The molecule has 3 aromatic rings. The van der Waals surface area contributed by atoms with Crippen molar-refractivity contribution in [3.63, 3.8) is 0 Å². The van der Waals surface area contributed by atoms with Crippen LogP contribution >= 0.6 is 15.9 Å². The lowest BCUT2D eigenvalue weighted by atomic mass is 10.1. The maximum absolute atomic E-state index is 13.9. The number of fused-ring (bicyclic) bond motifs is 1. The first-order chi connectivity index (χ1) is 13.0. The highest BCUT2D eigenvalue weighted by molar-refractivity contribution is 9.10. The summed E-state index contributed by atoms with van der Waals surface area (Å²) in [6.07, 6.45) is 0.938. The molecule has 1 fully saturated rings. The van der Waals surface area contributed by atoms with Gasteiger partial charge in [-0.3, -0.25) is 4.79 Å². The van der Waals surface area contributed by atoms with E-state index in [-0.39, 0.29) is 11.7 Å². The summed E-state index contributed by atoms with van der Waals surface area (Å²) < 4.78 is 15.0. The van der Waals surface area contributed by atoms with Crippen molar-refractivity contribution in [1.29, 1.82) is 0 Å². The first-order valence-electron chi connectivity index (χ1n) is 9.08. The zero-order chi connectivity index (χ0) is 19.0. The molecule has 1 atom stereocenters. The molecule has 1 aromatic heterocycles. The molecule has 0 radical (unpaired) electrons. The number of aromatic amines is 1. The second-order valence-corrected chi connectivity index (χ2v) is 7.93. The van der Waals surface area contributed by atoms with Gasteiger partial charge in [0.25, 0.3) is 5.91 Å². The summed E-state index contributed by atoms with van der Waals surface area (Å²) in [6.45, 7) is 4.17. The van der Waals surface area contributed by atoms with Crippen molar-refractivity contribution in [2.45, 2.75) is 13.3 Å². The molecule has 0 bridgehead atoms. The van der Waals surface area contributed by atoms with Crippen LogP contribution in [0.3, 0.4) is 0 Å². The van der Waals surface area contributed by atoms with Gasteiger partial charge in [-0.25, -0.2) is 4.39 Å². The third-order valence-electron chi connectivity index (χ3n) is 5.28. The predicted octanol–water partition coefficient (Wildman–Crippen LogP) is 4.63. The van der Waals surface area contributed by atoms with Gasteiger partial charge in [-0.05, 0) is 55.2 Å². The molecule has 6 heteroatoms. The largest absolute Gasteiger partial charge is 0.369 e. The number of para-hydroxylation sites is 1. The molecule has 0 saturated carbocycles. The first kappa shape index (κ1) is 18.0. The lowest BCUT2D eigenvalue weighted by molar-refractivity contribution is 0.0944. The molecule has 4 nitrogen and oxygen atoms in total. The van der Waals surface area contributed by atoms with Gasteiger partial charge in [0, 0.05) is 35.0 Å². The smallest absolute Gasteiger partial charge is 0.267 e. The number of anilines is 1. The molecule has 0 spiro atoms. The van der Waals surface area contributed by atoms with E-state index in [1.807, 2.05) is 31.2 Å². The summed E-state index contributed by atoms with van der Waals surface area (Å²) in [5.41, 5.74) is 3.27. The van der Waals surface area contributed by atoms with Crippen molar-refractivity contribution >= 4 is 38.4 Å². The van der Waals surface area contributed by atoms with Crippen LogP contribution in [0.15, 0.2) is 46.9 Å². The predicted molar refractivity (Wildman–Crippen MR) is 110 cm³/mol. The molecule has 2 aromatic carbocycles. The Hall–Kier alpha value is -2.34. The Morgan fingerprint density at radius 3 is 2.96 bits per heavy atom. The zero-order valence-corrected chi connectivity index (χ0v) is 16.6. The average Bonchev–Trinajstić information content (AvgIpc) is 3.31. The number of nitrogens with one attached hydrogen (secondary N) is 2. The topological polar surface area (TPSA) is 48.1 Å². The van der Waals surface area contributed by atoms with E-state index in [0.29, 0.717) is 23.8 Å². The van der Waals surface area contributed by atoms with E-state index in [0.717, 1.165) is 40.4 Å². The van der Waals surface area contributed by atoms with Crippen LogP contribution in [0, 0.1) is 18.7 Å². The van der Waals surface area contributed by atoms with Gasteiger partial charge in [-0.2, -0.15) is 0 Å². The van der Waals surface area contributed by atoms with Gasteiger partial charge < -0.3 is 15.2 Å². The number of aryl methyl sites for hydroxylation is 1. The Kier molecular flexibility index (Phi) is 4.91. The van der Waals surface area contributed by atoms with Crippen molar-refractivity contribution < 1.29 is 9.18 Å². The van der Waals surface area contributed by atoms with Gasteiger partial charge in [-0.15, -0.1) is 0 Å².